The summed E-state index contributed by atoms with van der Waals surface area (Å²) in [4.78, 5) is 13.5. The van der Waals surface area contributed by atoms with Gasteiger partial charge < -0.3 is 0 Å². The molecule has 0 radical (unpaired) electrons. The lowest BCUT2D eigenvalue weighted by Crippen LogP contribution is -2.10. The van der Waals surface area contributed by atoms with Crippen molar-refractivity contribution in [3.8, 4) is 0 Å². The van der Waals surface area contributed by atoms with Crippen molar-refractivity contribution in [2.75, 3.05) is 0 Å². The topological polar surface area (TPSA) is 17.1 Å². The Hall–Kier alpha value is -1.41. The summed E-state index contributed by atoms with van der Waals surface area (Å²) in [5.74, 6) is 0.870. The third kappa shape index (κ3) is 2.37. The van der Waals surface area contributed by atoms with E-state index in [0.29, 0.717) is 5.92 Å². The molecule has 2 aromatic rings. The van der Waals surface area contributed by atoms with Crippen LogP contribution in [0.25, 0.3) is 0 Å². The third-order valence-electron chi connectivity index (χ3n) is 4.06. The summed E-state index contributed by atoms with van der Waals surface area (Å²) in [6.07, 6.45) is 4.80. The van der Waals surface area contributed by atoms with Gasteiger partial charge in [-0.1, -0.05) is 31.5 Å². The molecule has 0 bridgehead atoms. The van der Waals surface area contributed by atoms with Gasteiger partial charge in [0.05, 0.1) is 4.88 Å². The van der Waals surface area contributed by atoms with E-state index in [2.05, 4.69) is 25.1 Å². The number of hydrogen-bond acceptors (Lipinski definition) is 2. The SMILES string of the molecule is CCc1ccsc1C(=O)c1cccc(C2CCC2)c1. The highest BCUT2D eigenvalue weighted by molar-refractivity contribution is 7.12. The van der Waals surface area contributed by atoms with Crippen LogP contribution < -0.4 is 0 Å². The minimum Gasteiger partial charge on any atom is -0.288 e. The summed E-state index contributed by atoms with van der Waals surface area (Å²) in [6.45, 7) is 2.10. The fourth-order valence-corrected chi connectivity index (χ4v) is 3.58. The van der Waals surface area contributed by atoms with Gasteiger partial charge in [0.1, 0.15) is 0 Å². The zero-order valence-corrected chi connectivity index (χ0v) is 12.0. The van der Waals surface area contributed by atoms with Crippen LogP contribution in [0.1, 0.15) is 58.5 Å². The number of rotatable bonds is 4. The molecule has 1 aliphatic carbocycles. The second kappa shape index (κ2) is 5.30. The van der Waals surface area contributed by atoms with Crippen LogP contribution in [-0.2, 0) is 6.42 Å². The number of thiophene rings is 1. The van der Waals surface area contributed by atoms with Crippen molar-refractivity contribution in [2.45, 2.75) is 38.5 Å². The highest BCUT2D eigenvalue weighted by Gasteiger charge is 2.21. The van der Waals surface area contributed by atoms with E-state index >= 15 is 0 Å². The Bertz CT molecular complexity index is 593. The predicted molar refractivity (Wildman–Crippen MR) is 80.2 cm³/mol. The van der Waals surface area contributed by atoms with E-state index in [1.807, 2.05) is 17.5 Å². The van der Waals surface area contributed by atoms with Crippen LogP contribution in [0.5, 0.6) is 0 Å². The molecule has 0 unspecified atom stereocenters. The van der Waals surface area contributed by atoms with Crippen LogP contribution in [0, 0.1) is 0 Å². The minimum atomic E-state index is 0.188. The largest absolute Gasteiger partial charge is 0.288 e. The maximum absolute atomic E-state index is 12.6. The van der Waals surface area contributed by atoms with Gasteiger partial charge in [-0.15, -0.1) is 11.3 Å². The van der Waals surface area contributed by atoms with Crippen LogP contribution in [-0.4, -0.2) is 5.78 Å². The highest BCUT2D eigenvalue weighted by atomic mass is 32.1. The van der Waals surface area contributed by atoms with E-state index in [1.54, 1.807) is 11.3 Å². The molecule has 1 aromatic carbocycles. The number of aryl methyl sites for hydroxylation is 1. The highest BCUT2D eigenvalue weighted by Crippen LogP contribution is 2.36. The second-order valence-corrected chi connectivity index (χ2v) is 6.13. The van der Waals surface area contributed by atoms with Crippen LogP contribution in [0.2, 0.25) is 0 Å². The fourth-order valence-electron chi connectivity index (χ4n) is 2.62. The van der Waals surface area contributed by atoms with Gasteiger partial charge in [-0.05, 0) is 53.8 Å². The van der Waals surface area contributed by atoms with Gasteiger partial charge in [0.25, 0.3) is 0 Å². The van der Waals surface area contributed by atoms with Crippen molar-refractivity contribution in [1.29, 1.82) is 0 Å². The standard InChI is InChI=1S/C17H18OS/c1-2-12-9-10-19-17(12)16(18)15-8-4-7-14(11-15)13-5-3-6-13/h4,7-11,13H,2-3,5-6H2,1H3. The summed E-state index contributed by atoms with van der Waals surface area (Å²) < 4.78 is 0. The van der Waals surface area contributed by atoms with E-state index in [-0.39, 0.29) is 5.78 Å². The van der Waals surface area contributed by atoms with Crippen molar-refractivity contribution in [2.24, 2.45) is 0 Å². The van der Waals surface area contributed by atoms with Crippen molar-refractivity contribution in [1.82, 2.24) is 0 Å². The number of ketones is 1. The predicted octanol–water partition coefficient (Wildman–Crippen LogP) is 4.81. The molecular weight excluding hydrogens is 252 g/mol. The fraction of sp³-hybridized carbons (Fsp3) is 0.353. The van der Waals surface area contributed by atoms with Gasteiger partial charge in [-0.25, -0.2) is 0 Å². The average molecular weight is 270 g/mol. The zero-order valence-electron chi connectivity index (χ0n) is 11.2. The molecule has 0 N–H and O–H groups in total. The van der Waals surface area contributed by atoms with Crippen LogP contribution >= 0.6 is 11.3 Å². The summed E-state index contributed by atoms with van der Waals surface area (Å²) in [5, 5.41) is 2.02. The first kappa shape index (κ1) is 12.6. The number of benzene rings is 1. The molecule has 1 heterocycles. The molecule has 0 spiro atoms. The Morgan fingerprint density at radius 3 is 2.84 bits per heavy atom. The molecule has 98 valence electrons. The van der Waals surface area contributed by atoms with E-state index in [0.717, 1.165) is 16.9 Å². The first-order valence-electron chi connectivity index (χ1n) is 7.00. The monoisotopic (exact) mass is 270 g/mol. The molecule has 19 heavy (non-hydrogen) atoms. The second-order valence-electron chi connectivity index (χ2n) is 5.21. The minimum absolute atomic E-state index is 0.188. The molecule has 1 fully saturated rings. The van der Waals surface area contributed by atoms with E-state index in [4.69, 9.17) is 0 Å². The van der Waals surface area contributed by atoms with Crippen molar-refractivity contribution in [3.05, 3.63) is 57.3 Å². The number of hydrogen-bond donors (Lipinski definition) is 0. The van der Waals surface area contributed by atoms with Gasteiger partial charge >= 0.3 is 0 Å². The zero-order chi connectivity index (χ0) is 13.2. The summed E-state index contributed by atoms with van der Waals surface area (Å²) in [6, 6.07) is 10.3. The average Bonchev–Trinajstić information content (AvgIpc) is 2.84. The molecular formula is C17H18OS. The molecule has 1 aromatic heterocycles. The Morgan fingerprint density at radius 1 is 1.32 bits per heavy atom. The van der Waals surface area contributed by atoms with Gasteiger partial charge in [0, 0.05) is 5.56 Å². The van der Waals surface area contributed by atoms with Crippen LogP contribution in [0.3, 0.4) is 0 Å². The number of carbonyl (C=O) groups is 1. The summed E-state index contributed by atoms with van der Waals surface area (Å²) in [5.41, 5.74) is 3.36. The summed E-state index contributed by atoms with van der Waals surface area (Å²) in [7, 11) is 0. The third-order valence-corrected chi connectivity index (χ3v) is 5.01. The van der Waals surface area contributed by atoms with Crippen LogP contribution in [0.4, 0.5) is 0 Å². The van der Waals surface area contributed by atoms with Gasteiger partial charge in [0.15, 0.2) is 0 Å². The first-order valence-corrected chi connectivity index (χ1v) is 7.88. The molecule has 1 nitrogen and oxygen atoms in total. The van der Waals surface area contributed by atoms with Crippen molar-refractivity contribution in [3.63, 3.8) is 0 Å². The Balaban J connectivity index is 1.91. The van der Waals surface area contributed by atoms with Crippen molar-refractivity contribution < 1.29 is 4.79 Å². The van der Waals surface area contributed by atoms with E-state index in [1.165, 1.54) is 30.4 Å². The summed E-state index contributed by atoms with van der Waals surface area (Å²) >= 11 is 1.56. The smallest absolute Gasteiger partial charge is 0.203 e. The van der Waals surface area contributed by atoms with E-state index < -0.39 is 0 Å². The molecule has 0 amide bonds. The quantitative estimate of drug-likeness (QED) is 0.729. The molecule has 1 saturated carbocycles. The lowest BCUT2D eigenvalue weighted by atomic mass is 9.79. The molecule has 0 aliphatic heterocycles. The number of carbonyl (C=O) groups excluding carboxylic acids is 1. The normalized spacial score (nSPS) is 15.2. The molecule has 1 aliphatic rings. The Morgan fingerprint density at radius 2 is 2.16 bits per heavy atom. The van der Waals surface area contributed by atoms with Gasteiger partial charge in [0.2, 0.25) is 5.78 Å². The van der Waals surface area contributed by atoms with Crippen molar-refractivity contribution >= 4 is 17.1 Å². The Labute approximate surface area is 118 Å². The lowest BCUT2D eigenvalue weighted by molar-refractivity contribution is 0.104. The van der Waals surface area contributed by atoms with Gasteiger partial charge in [-0.3, -0.25) is 4.79 Å². The molecule has 0 saturated heterocycles. The maximum atomic E-state index is 12.6. The molecule has 3 rings (SSSR count). The van der Waals surface area contributed by atoms with Gasteiger partial charge in [-0.2, -0.15) is 0 Å². The molecule has 2 heteroatoms. The maximum Gasteiger partial charge on any atom is 0.203 e. The van der Waals surface area contributed by atoms with E-state index in [9.17, 15) is 4.79 Å². The first-order chi connectivity index (χ1) is 9.29. The molecule has 0 atom stereocenters. The lowest BCUT2D eigenvalue weighted by Gasteiger charge is -2.26. The van der Waals surface area contributed by atoms with Crippen LogP contribution in [0.15, 0.2) is 35.7 Å². The Kier molecular flexibility index (Phi) is 3.52.